The summed E-state index contributed by atoms with van der Waals surface area (Å²) in [6.07, 6.45) is 6.14. The molecule has 4 aromatic rings. The van der Waals surface area contributed by atoms with Crippen LogP contribution in [0.1, 0.15) is 65.0 Å². The van der Waals surface area contributed by atoms with Gasteiger partial charge in [0.05, 0.1) is 17.4 Å². The number of anilines is 2. The van der Waals surface area contributed by atoms with E-state index in [0.29, 0.717) is 46.2 Å². The molecule has 0 saturated heterocycles. The molecule has 8 nitrogen and oxygen atoms in total. The summed E-state index contributed by atoms with van der Waals surface area (Å²) in [5.74, 6) is -0.517. The minimum atomic E-state index is -0.516. The first kappa shape index (κ1) is 33.5. The molecule has 3 aromatic carbocycles. The minimum Gasteiger partial charge on any atom is -0.493 e. The molecule has 0 bridgehead atoms. The molecule has 1 heterocycles. The Bertz CT molecular complexity index is 1830. The van der Waals surface area contributed by atoms with Gasteiger partial charge in [-0.05, 0) is 87.1 Å². The van der Waals surface area contributed by atoms with E-state index in [4.69, 9.17) is 4.74 Å². The zero-order chi connectivity index (χ0) is 33.2. The molecule has 1 aromatic heterocycles. The first-order valence-electron chi connectivity index (χ1n) is 15.6. The van der Waals surface area contributed by atoms with Gasteiger partial charge in [-0.2, -0.15) is 5.26 Å². The monoisotopic (exact) mass is 664 g/mol. The molecule has 0 spiro atoms. The normalized spacial score (nSPS) is 13.1. The number of aryl methyl sites for hydroxylation is 1. The lowest BCUT2D eigenvalue weighted by atomic mass is 9.96. The third kappa shape index (κ3) is 8.50. The van der Waals surface area contributed by atoms with Gasteiger partial charge >= 0.3 is 0 Å². The molecular weight excluding hydrogens is 629 g/mol. The van der Waals surface area contributed by atoms with Crippen molar-refractivity contribution < 1.29 is 19.1 Å². The SMILES string of the molecule is CCOc1ccccc1/C=C(/NC(=O)c1ccccc1)C(=O)Nc1cccc(SC(CC)C(=O)Nc2sc3c(c2C#N)CCCC3)c1. The van der Waals surface area contributed by atoms with Crippen molar-refractivity contribution in [2.45, 2.75) is 56.1 Å². The molecule has 1 aliphatic carbocycles. The number of nitrogens with zero attached hydrogens (tertiary/aromatic N) is 1. The van der Waals surface area contributed by atoms with E-state index in [1.807, 2.05) is 44.2 Å². The standard InChI is InChI=1S/C37H36N4O4S2/c1-3-32(36(44)41-37-29(23-38)28-18-9-11-20-33(28)47-37)46-27-17-12-16-26(22-27)39-35(43)30(40-34(42)24-13-6-5-7-14-24)21-25-15-8-10-19-31(25)45-4-2/h5-8,10,12-17,19,21-22,32H,3-4,9,11,18,20H2,1-2H3,(H,39,43)(H,40,42)(H,41,44)/b30-21+. The van der Waals surface area contributed by atoms with Crippen molar-refractivity contribution in [1.82, 2.24) is 5.32 Å². The lowest BCUT2D eigenvalue weighted by Gasteiger charge is -2.16. The fourth-order valence-electron chi connectivity index (χ4n) is 5.28. The van der Waals surface area contributed by atoms with Crippen LogP contribution in [-0.2, 0) is 22.4 Å². The lowest BCUT2D eigenvalue weighted by molar-refractivity contribution is -0.116. The van der Waals surface area contributed by atoms with Crippen LogP contribution in [0.4, 0.5) is 10.7 Å². The van der Waals surface area contributed by atoms with Crippen molar-refractivity contribution in [2.75, 3.05) is 17.2 Å². The highest BCUT2D eigenvalue weighted by Gasteiger charge is 2.25. The van der Waals surface area contributed by atoms with Gasteiger partial charge < -0.3 is 20.7 Å². The van der Waals surface area contributed by atoms with Gasteiger partial charge in [0.1, 0.15) is 22.5 Å². The Labute approximate surface area is 283 Å². The predicted molar refractivity (Wildman–Crippen MR) is 189 cm³/mol. The van der Waals surface area contributed by atoms with E-state index >= 15 is 0 Å². The summed E-state index contributed by atoms with van der Waals surface area (Å²) in [5.41, 5.74) is 3.27. The number of rotatable bonds is 12. The number of hydrogen-bond donors (Lipinski definition) is 3. The molecular formula is C37H36N4O4S2. The summed E-state index contributed by atoms with van der Waals surface area (Å²) in [7, 11) is 0. The number of carbonyl (C=O) groups excluding carboxylic acids is 3. The van der Waals surface area contributed by atoms with Crippen LogP contribution < -0.4 is 20.7 Å². The van der Waals surface area contributed by atoms with Gasteiger partial charge in [-0.15, -0.1) is 23.1 Å². The highest BCUT2D eigenvalue weighted by Crippen LogP contribution is 2.38. The molecule has 5 rings (SSSR count). The Morgan fingerprint density at radius 1 is 0.979 bits per heavy atom. The number of ether oxygens (including phenoxy) is 1. The number of carbonyl (C=O) groups is 3. The van der Waals surface area contributed by atoms with Gasteiger partial charge in [-0.3, -0.25) is 14.4 Å². The second-order valence-corrected chi connectivity index (χ2v) is 13.2. The fourth-order valence-corrected chi connectivity index (χ4v) is 7.54. The van der Waals surface area contributed by atoms with E-state index in [1.54, 1.807) is 54.6 Å². The number of nitriles is 1. The summed E-state index contributed by atoms with van der Waals surface area (Å²) in [6.45, 7) is 4.26. The summed E-state index contributed by atoms with van der Waals surface area (Å²) >= 11 is 2.90. The molecule has 0 fully saturated rings. The number of hydrogen-bond acceptors (Lipinski definition) is 7. The maximum Gasteiger partial charge on any atom is 0.272 e. The van der Waals surface area contributed by atoms with Crippen molar-refractivity contribution in [3.05, 3.63) is 112 Å². The van der Waals surface area contributed by atoms with E-state index in [-0.39, 0.29) is 11.6 Å². The molecule has 1 atom stereocenters. The summed E-state index contributed by atoms with van der Waals surface area (Å²) in [6, 6.07) is 25.5. The highest BCUT2D eigenvalue weighted by molar-refractivity contribution is 8.00. The molecule has 240 valence electrons. The molecule has 1 unspecified atom stereocenters. The molecule has 0 radical (unpaired) electrons. The Hall–Kier alpha value is -4.85. The van der Waals surface area contributed by atoms with Crippen LogP contribution in [0.25, 0.3) is 6.08 Å². The molecule has 1 aliphatic rings. The van der Waals surface area contributed by atoms with Gasteiger partial charge in [0, 0.05) is 26.6 Å². The predicted octanol–water partition coefficient (Wildman–Crippen LogP) is 7.82. The molecule has 3 amide bonds. The Morgan fingerprint density at radius 2 is 1.74 bits per heavy atom. The van der Waals surface area contributed by atoms with E-state index < -0.39 is 17.1 Å². The third-order valence-electron chi connectivity index (χ3n) is 7.60. The Kier molecular flexibility index (Phi) is 11.5. The van der Waals surface area contributed by atoms with Gasteiger partial charge in [0.15, 0.2) is 0 Å². The number of amides is 3. The Balaban J connectivity index is 1.33. The topological polar surface area (TPSA) is 120 Å². The van der Waals surface area contributed by atoms with Crippen molar-refractivity contribution in [3.63, 3.8) is 0 Å². The van der Waals surface area contributed by atoms with Gasteiger partial charge in [0.2, 0.25) is 5.91 Å². The van der Waals surface area contributed by atoms with Crippen molar-refractivity contribution in [1.29, 1.82) is 5.26 Å². The molecule has 0 aliphatic heterocycles. The second-order valence-electron chi connectivity index (χ2n) is 10.9. The number of benzene rings is 3. The second kappa shape index (κ2) is 16.1. The van der Waals surface area contributed by atoms with Crippen LogP contribution in [-0.4, -0.2) is 29.6 Å². The van der Waals surface area contributed by atoms with Gasteiger partial charge in [0.25, 0.3) is 11.8 Å². The van der Waals surface area contributed by atoms with Crippen LogP contribution in [0.5, 0.6) is 5.75 Å². The molecule has 0 saturated carbocycles. The van der Waals surface area contributed by atoms with E-state index in [2.05, 4.69) is 22.0 Å². The largest absolute Gasteiger partial charge is 0.493 e. The number of thiophene rings is 1. The first-order chi connectivity index (χ1) is 22.9. The maximum atomic E-state index is 13.7. The van der Waals surface area contributed by atoms with Crippen LogP contribution in [0.3, 0.4) is 0 Å². The molecule has 3 N–H and O–H groups in total. The van der Waals surface area contributed by atoms with E-state index in [1.165, 1.54) is 28.0 Å². The van der Waals surface area contributed by atoms with Crippen molar-refractivity contribution in [2.24, 2.45) is 0 Å². The third-order valence-corrected chi connectivity index (χ3v) is 10.2. The van der Waals surface area contributed by atoms with Crippen molar-refractivity contribution >= 4 is 57.6 Å². The maximum absolute atomic E-state index is 13.7. The highest BCUT2D eigenvalue weighted by atomic mass is 32.2. The van der Waals surface area contributed by atoms with Gasteiger partial charge in [-0.25, -0.2) is 0 Å². The average Bonchev–Trinajstić information content (AvgIpc) is 3.45. The zero-order valence-electron chi connectivity index (χ0n) is 26.3. The minimum absolute atomic E-state index is 0.0433. The van der Waals surface area contributed by atoms with Crippen LogP contribution in [0.2, 0.25) is 0 Å². The fraction of sp³-hybridized carbons (Fsp3) is 0.243. The number of thioether (sulfide) groups is 1. The van der Waals surface area contributed by atoms with E-state index in [9.17, 15) is 19.6 Å². The van der Waals surface area contributed by atoms with Crippen molar-refractivity contribution in [3.8, 4) is 11.8 Å². The van der Waals surface area contributed by atoms with Crippen LogP contribution >= 0.6 is 23.1 Å². The van der Waals surface area contributed by atoms with Gasteiger partial charge in [-0.1, -0.05) is 49.4 Å². The summed E-state index contributed by atoms with van der Waals surface area (Å²) < 4.78 is 5.74. The summed E-state index contributed by atoms with van der Waals surface area (Å²) in [4.78, 5) is 42.1. The Morgan fingerprint density at radius 3 is 2.51 bits per heavy atom. The zero-order valence-corrected chi connectivity index (χ0v) is 27.9. The first-order valence-corrected chi connectivity index (χ1v) is 17.3. The number of nitrogens with one attached hydrogen (secondary N) is 3. The average molecular weight is 665 g/mol. The lowest BCUT2D eigenvalue weighted by Crippen LogP contribution is -2.30. The number of para-hydroxylation sites is 1. The summed E-state index contributed by atoms with van der Waals surface area (Å²) in [5, 5.41) is 18.7. The molecule has 47 heavy (non-hydrogen) atoms. The van der Waals surface area contributed by atoms with Crippen LogP contribution in [0, 0.1) is 11.3 Å². The number of fused-ring (bicyclic) bond motifs is 1. The smallest absolute Gasteiger partial charge is 0.272 e. The quantitative estimate of drug-likeness (QED) is 0.105. The van der Waals surface area contributed by atoms with Crippen LogP contribution in [0.15, 0.2) is 89.5 Å². The molecule has 10 heteroatoms. The van der Waals surface area contributed by atoms with E-state index in [0.717, 1.165) is 36.1 Å².